The van der Waals surface area contributed by atoms with E-state index in [0.29, 0.717) is 13.4 Å². The average molecular weight is 718 g/mol. The van der Waals surface area contributed by atoms with Crippen LogP contribution in [0.2, 0.25) is 0 Å². The SMILES string of the molecule is COc1ccc(Br)c[c]1[Sb]([F])([F])([c]1cc(Br)ccc1OC)[c]1cc(Br)ccc1OC. The van der Waals surface area contributed by atoms with Crippen LogP contribution in [0.4, 0.5) is 5.63 Å². The van der Waals surface area contributed by atoms with Gasteiger partial charge in [-0.15, -0.1) is 0 Å². The van der Waals surface area contributed by atoms with Crippen molar-refractivity contribution in [2.45, 2.75) is 0 Å². The van der Waals surface area contributed by atoms with Gasteiger partial charge in [-0.1, -0.05) is 0 Å². The second-order valence-corrected chi connectivity index (χ2v) is 18.4. The molecule has 30 heavy (non-hydrogen) atoms. The van der Waals surface area contributed by atoms with Crippen molar-refractivity contribution in [2.24, 2.45) is 0 Å². The van der Waals surface area contributed by atoms with E-state index in [2.05, 4.69) is 47.8 Å². The van der Waals surface area contributed by atoms with E-state index in [9.17, 15) is 0 Å². The Kier molecular flexibility index (Phi) is 7.12. The van der Waals surface area contributed by atoms with Gasteiger partial charge in [0.15, 0.2) is 0 Å². The van der Waals surface area contributed by atoms with Crippen LogP contribution in [0.5, 0.6) is 17.2 Å². The molecule has 3 nitrogen and oxygen atoms in total. The second-order valence-electron chi connectivity index (χ2n) is 6.35. The van der Waals surface area contributed by atoms with Gasteiger partial charge in [0.2, 0.25) is 0 Å². The number of halogens is 5. The fraction of sp³-hybridized carbons (Fsp3) is 0.143. The summed E-state index contributed by atoms with van der Waals surface area (Å²) >= 11 is 2.81. The van der Waals surface area contributed by atoms with Crippen LogP contribution in [-0.4, -0.2) is 39.9 Å². The molecule has 3 aromatic rings. The standard InChI is InChI=1S/3C7H6BrO.2FH.Sb/c3*1-9-7-4-2-6(8)3-5-7;;;/h3*2-4H,1H3;2*1H;/q;;;;;+2/p-2. The van der Waals surface area contributed by atoms with E-state index < -0.39 is 18.6 Å². The number of hydrogen-bond donors (Lipinski definition) is 0. The molecule has 0 amide bonds. The van der Waals surface area contributed by atoms with Gasteiger partial charge in [0.05, 0.1) is 0 Å². The number of methoxy groups -OCH3 is 3. The van der Waals surface area contributed by atoms with E-state index >= 15 is 5.63 Å². The Labute approximate surface area is 201 Å². The van der Waals surface area contributed by atoms with E-state index in [4.69, 9.17) is 14.2 Å². The summed E-state index contributed by atoms with van der Waals surface area (Å²) in [5.41, 5.74) is 0. The molecule has 3 rings (SSSR count). The molecule has 0 bridgehead atoms. The predicted octanol–water partition coefficient (Wildman–Crippen LogP) is 5.36. The fourth-order valence-corrected chi connectivity index (χ4v) is 16.1. The molecule has 0 saturated carbocycles. The zero-order chi connectivity index (χ0) is 22.1. The van der Waals surface area contributed by atoms with Crippen LogP contribution >= 0.6 is 47.8 Å². The molecule has 0 aromatic heterocycles. The number of ether oxygens (including phenoxy) is 3. The first-order chi connectivity index (χ1) is 14.1. The van der Waals surface area contributed by atoms with Gasteiger partial charge in [-0.05, 0) is 0 Å². The van der Waals surface area contributed by atoms with Crippen LogP contribution in [0.15, 0.2) is 68.0 Å². The van der Waals surface area contributed by atoms with Gasteiger partial charge in [-0.3, -0.25) is 0 Å². The predicted molar refractivity (Wildman–Crippen MR) is 129 cm³/mol. The first-order valence-corrected chi connectivity index (χ1v) is 16.8. The molecular weight excluding hydrogens is 700 g/mol. The van der Waals surface area contributed by atoms with Crippen LogP contribution in [-0.2, 0) is 0 Å². The van der Waals surface area contributed by atoms with Gasteiger partial charge >= 0.3 is 203 Å². The van der Waals surface area contributed by atoms with Gasteiger partial charge in [0.1, 0.15) is 0 Å². The molecule has 0 aliphatic heterocycles. The van der Waals surface area contributed by atoms with E-state index in [0.717, 1.165) is 0 Å². The van der Waals surface area contributed by atoms with Crippen LogP contribution in [0.1, 0.15) is 0 Å². The van der Waals surface area contributed by atoms with Crippen molar-refractivity contribution >= 4 is 76.9 Å². The summed E-state index contributed by atoms with van der Waals surface area (Å²) < 4.78 is 52.9. The van der Waals surface area contributed by atoms with Crippen molar-refractivity contribution in [3.63, 3.8) is 0 Å². The first-order valence-electron chi connectivity index (χ1n) is 8.63. The molecule has 0 aliphatic rings. The Morgan fingerprint density at radius 2 is 0.833 bits per heavy atom. The van der Waals surface area contributed by atoms with Crippen molar-refractivity contribution in [3.05, 3.63) is 68.0 Å². The Bertz CT molecular complexity index is 972. The van der Waals surface area contributed by atoms with Gasteiger partial charge in [0, 0.05) is 0 Å². The average Bonchev–Trinajstić information content (AvgIpc) is 2.73. The van der Waals surface area contributed by atoms with Crippen LogP contribution < -0.4 is 24.7 Å². The minimum atomic E-state index is -7.24. The summed E-state index contributed by atoms with van der Waals surface area (Å²) in [4.78, 5) is 0. The van der Waals surface area contributed by atoms with Crippen molar-refractivity contribution in [1.29, 1.82) is 0 Å². The number of hydrogen-bond acceptors (Lipinski definition) is 3. The van der Waals surface area contributed by atoms with E-state index in [-0.39, 0.29) is 27.8 Å². The summed E-state index contributed by atoms with van der Waals surface area (Å²) in [7, 11) is 4.16. The maximum atomic E-state index is 17.8. The summed E-state index contributed by atoms with van der Waals surface area (Å²) in [6.07, 6.45) is 0. The van der Waals surface area contributed by atoms with Crippen LogP contribution in [0, 0.1) is 0 Å². The molecule has 0 atom stereocenters. The summed E-state index contributed by atoms with van der Waals surface area (Å²) in [5, 5.41) is 0. The quantitative estimate of drug-likeness (QED) is 0.322. The molecule has 160 valence electrons. The maximum absolute atomic E-state index is 17.8. The van der Waals surface area contributed by atoms with Crippen molar-refractivity contribution in [2.75, 3.05) is 21.3 Å². The molecular formula is C21H18Br3F2O3Sb. The molecule has 0 radical (unpaired) electrons. The number of benzene rings is 3. The van der Waals surface area contributed by atoms with E-state index in [1.807, 2.05) is 0 Å². The Balaban J connectivity index is 2.60. The molecule has 9 heteroatoms. The molecule has 0 saturated heterocycles. The van der Waals surface area contributed by atoms with Crippen molar-refractivity contribution in [3.8, 4) is 17.2 Å². The van der Waals surface area contributed by atoms with Crippen molar-refractivity contribution < 1.29 is 19.8 Å². The van der Waals surface area contributed by atoms with Crippen LogP contribution in [0.3, 0.4) is 0 Å². The molecule has 0 N–H and O–H groups in total. The first kappa shape index (κ1) is 23.8. The summed E-state index contributed by atoms with van der Waals surface area (Å²) in [5.74, 6) is 0.317. The third kappa shape index (κ3) is 4.01. The van der Waals surface area contributed by atoms with Crippen LogP contribution in [0.25, 0.3) is 0 Å². The molecule has 3 aromatic carbocycles. The topological polar surface area (TPSA) is 27.7 Å². The van der Waals surface area contributed by atoms with Gasteiger partial charge in [0.25, 0.3) is 0 Å². The molecule has 0 unspecified atom stereocenters. The Morgan fingerprint density at radius 1 is 0.567 bits per heavy atom. The van der Waals surface area contributed by atoms with E-state index in [1.165, 1.54) is 39.5 Å². The molecule has 0 aliphatic carbocycles. The van der Waals surface area contributed by atoms with Gasteiger partial charge in [-0.25, -0.2) is 0 Å². The molecule has 0 spiro atoms. The Hall–Kier alpha value is -0.822. The monoisotopic (exact) mass is 714 g/mol. The molecule has 0 heterocycles. The number of rotatable bonds is 6. The zero-order valence-corrected chi connectivity index (χ0v) is 23.6. The minimum absolute atomic E-state index is 0.106. The molecule has 0 fully saturated rings. The zero-order valence-electron chi connectivity index (χ0n) is 16.3. The normalized spacial score (nSPS) is 12.7. The summed E-state index contributed by atoms with van der Waals surface area (Å²) in [6, 6.07) is 13.9. The summed E-state index contributed by atoms with van der Waals surface area (Å²) in [6.45, 7) is 0. The third-order valence-electron chi connectivity index (χ3n) is 4.69. The van der Waals surface area contributed by atoms with Gasteiger partial charge < -0.3 is 0 Å². The van der Waals surface area contributed by atoms with E-state index in [1.54, 1.807) is 36.4 Å². The second kappa shape index (κ2) is 8.97. The third-order valence-corrected chi connectivity index (χ3v) is 16.4. The van der Waals surface area contributed by atoms with Crippen molar-refractivity contribution in [1.82, 2.24) is 0 Å². The Morgan fingerprint density at radius 3 is 1.07 bits per heavy atom. The fourth-order valence-electron chi connectivity index (χ4n) is 3.30. The van der Waals surface area contributed by atoms with Gasteiger partial charge in [-0.2, -0.15) is 0 Å².